The van der Waals surface area contributed by atoms with Gasteiger partial charge in [0.25, 0.3) is 5.91 Å². The van der Waals surface area contributed by atoms with Crippen LogP contribution in [-0.2, 0) is 27.4 Å². The molecule has 276 valence electrons. The molecule has 4 aromatic rings. The molecule has 2 atom stereocenters. The number of nitrogens with one attached hydrogen (secondary N) is 3. The molecule has 0 bridgehead atoms. The molecule has 3 N–H and O–H groups in total. The van der Waals surface area contributed by atoms with E-state index in [0.717, 1.165) is 21.9 Å². The molecule has 0 aliphatic carbocycles. The fourth-order valence-corrected chi connectivity index (χ4v) is 5.52. The highest BCUT2D eigenvalue weighted by Gasteiger charge is 2.26. The summed E-state index contributed by atoms with van der Waals surface area (Å²) < 4.78 is 11.0. The molecule has 1 aromatic heterocycles. The fourth-order valence-electron chi connectivity index (χ4n) is 5.52. The molecule has 1 heterocycles. The number of benzene rings is 3. The molecule has 11 nitrogen and oxygen atoms in total. The number of hydrogen-bond donors (Lipinski definition) is 3. The Kier molecular flexibility index (Phi) is 13.4. The number of carbonyl (C=O) groups is 4. The van der Waals surface area contributed by atoms with Gasteiger partial charge in [-0.25, -0.2) is 9.59 Å². The van der Waals surface area contributed by atoms with Gasteiger partial charge in [-0.2, -0.15) is 0 Å². The van der Waals surface area contributed by atoms with Crippen LogP contribution in [-0.4, -0.2) is 57.7 Å². The first kappa shape index (κ1) is 39.3. The summed E-state index contributed by atoms with van der Waals surface area (Å²) in [6, 6.07) is 25.1. The molecule has 0 fully saturated rings. The normalized spacial score (nSPS) is 12.7. The van der Waals surface area contributed by atoms with Crippen molar-refractivity contribution in [2.45, 2.75) is 97.7 Å². The molecule has 0 aliphatic rings. The number of alkyl carbamates (subject to hydrolysis) is 1. The summed E-state index contributed by atoms with van der Waals surface area (Å²) in [5.74, 6) is -0.771. The van der Waals surface area contributed by atoms with Crippen LogP contribution < -0.4 is 16.0 Å². The van der Waals surface area contributed by atoms with Crippen molar-refractivity contribution in [2.24, 2.45) is 0 Å². The number of hydrogen-bond acceptors (Lipinski definition) is 7. The molecular formula is C41H51N5O6. The topological polar surface area (TPSA) is 139 Å². The third kappa shape index (κ3) is 12.4. The monoisotopic (exact) mass is 709 g/mol. The first-order valence-electron chi connectivity index (χ1n) is 17.6. The van der Waals surface area contributed by atoms with Gasteiger partial charge >= 0.3 is 12.2 Å². The summed E-state index contributed by atoms with van der Waals surface area (Å²) in [5.41, 5.74) is 1.49. The zero-order chi connectivity index (χ0) is 37.9. The number of fused-ring (bicyclic) bond motifs is 1. The van der Waals surface area contributed by atoms with E-state index in [-0.39, 0.29) is 38.0 Å². The van der Waals surface area contributed by atoms with E-state index in [2.05, 4.69) is 20.9 Å². The zero-order valence-corrected chi connectivity index (χ0v) is 31.2. The molecule has 0 saturated carbocycles. The van der Waals surface area contributed by atoms with Crippen LogP contribution in [0.3, 0.4) is 0 Å². The van der Waals surface area contributed by atoms with Crippen molar-refractivity contribution in [1.82, 2.24) is 25.8 Å². The van der Waals surface area contributed by atoms with Crippen LogP contribution in [0.15, 0.2) is 91.1 Å². The average Bonchev–Trinajstić information content (AvgIpc) is 3.08. The van der Waals surface area contributed by atoms with Crippen LogP contribution in [0, 0.1) is 0 Å². The maximum absolute atomic E-state index is 13.7. The van der Waals surface area contributed by atoms with Crippen LogP contribution in [0.25, 0.3) is 10.8 Å². The third-order valence-corrected chi connectivity index (χ3v) is 7.93. The maximum atomic E-state index is 13.7. The third-order valence-electron chi connectivity index (χ3n) is 7.93. The number of amides is 4. The van der Waals surface area contributed by atoms with E-state index in [1.54, 1.807) is 56.1 Å². The Balaban J connectivity index is 1.46. The molecule has 52 heavy (non-hydrogen) atoms. The predicted octanol–water partition coefficient (Wildman–Crippen LogP) is 7.45. The van der Waals surface area contributed by atoms with E-state index in [1.807, 2.05) is 88.4 Å². The Morgan fingerprint density at radius 1 is 0.769 bits per heavy atom. The molecule has 0 unspecified atom stereocenters. The van der Waals surface area contributed by atoms with Crippen LogP contribution in [0.4, 0.5) is 9.59 Å². The lowest BCUT2D eigenvalue weighted by Crippen LogP contribution is -2.47. The smallest absolute Gasteiger partial charge is 0.410 e. The highest BCUT2D eigenvalue weighted by molar-refractivity contribution is 5.97. The Morgan fingerprint density at radius 3 is 2.12 bits per heavy atom. The van der Waals surface area contributed by atoms with Gasteiger partial charge in [0.15, 0.2) is 0 Å². The Morgan fingerprint density at radius 2 is 1.44 bits per heavy atom. The number of aromatic nitrogens is 1. The highest BCUT2D eigenvalue weighted by atomic mass is 16.6. The van der Waals surface area contributed by atoms with Crippen molar-refractivity contribution in [3.05, 3.63) is 114 Å². The summed E-state index contributed by atoms with van der Waals surface area (Å²) in [6.07, 6.45) is 1.33. The Labute approximate surface area is 306 Å². The van der Waals surface area contributed by atoms with Crippen molar-refractivity contribution in [3.8, 4) is 0 Å². The first-order chi connectivity index (χ1) is 24.6. The summed E-state index contributed by atoms with van der Waals surface area (Å²) in [6.45, 7) is 13.4. The molecule has 11 heteroatoms. The van der Waals surface area contributed by atoms with Crippen molar-refractivity contribution < 1.29 is 28.7 Å². The second kappa shape index (κ2) is 17.7. The van der Waals surface area contributed by atoms with Gasteiger partial charge in [-0.05, 0) is 107 Å². The standard InChI is InChI=1S/C41H51N5O6/c1-28(33-18-12-15-30-14-8-9-17-34(30)33)44-37(48)35(19-13-25-43-38(49)51-40(2,3)4)45-36(47)31-22-20-29(21-23-31)26-46(39(50)52-41(5,6)7)27-32-16-10-11-24-42-32/h8-12,14-18,20-24,28,35H,13,19,25-27H2,1-7H3,(H,43,49)(H,44,48)(H,45,47)/t28-,35-/m0/s1. The lowest BCUT2D eigenvalue weighted by atomic mass is 9.99. The van der Waals surface area contributed by atoms with Gasteiger partial charge in [0.1, 0.15) is 17.2 Å². The van der Waals surface area contributed by atoms with Crippen molar-refractivity contribution in [2.75, 3.05) is 6.54 Å². The molecule has 4 rings (SSSR count). The largest absolute Gasteiger partial charge is 0.444 e. The lowest BCUT2D eigenvalue weighted by molar-refractivity contribution is -0.123. The first-order valence-corrected chi connectivity index (χ1v) is 17.6. The van der Waals surface area contributed by atoms with E-state index in [1.165, 1.54) is 0 Å². The van der Waals surface area contributed by atoms with Gasteiger partial charge in [-0.3, -0.25) is 19.5 Å². The number of nitrogens with zero attached hydrogens (tertiary/aromatic N) is 2. The average molecular weight is 710 g/mol. The molecule has 0 spiro atoms. The zero-order valence-electron chi connectivity index (χ0n) is 31.2. The van der Waals surface area contributed by atoms with Crippen LogP contribution in [0.1, 0.15) is 94.5 Å². The molecular weight excluding hydrogens is 658 g/mol. The predicted molar refractivity (Wildman–Crippen MR) is 201 cm³/mol. The highest BCUT2D eigenvalue weighted by Crippen LogP contribution is 2.24. The minimum absolute atomic E-state index is 0.231. The van der Waals surface area contributed by atoms with Crippen LogP contribution in [0.2, 0.25) is 0 Å². The van der Waals surface area contributed by atoms with Crippen LogP contribution >= 0.6 is 0 Å². The van der Waals surface area contributed by atoms with Gasteiger partial charge in [-0.1, -0.05) is 60.7 Å². The minimum atomic E-state index is -0.883. The van der Waals surface area contributed by atoms with Gasteiger partial charge < -0.3 is 25.4 Å². The van der Waals surface area contributed by atoms with E-state index < -0.39 is 35.3 Å². The Bertz CT molecular complexity index is 1810. The number of rotatable bonds is 13. The Hall–Kier alpha value is -5.45. The fraction of sp³-hybridized carbons (Fsp3) is 0.390. The van der Waals surface area contributed by atoms with Gasteiger partial charge in [0.05, 0.1) is 18.3 Å². The molecule has 4 amide bonds. The van der Waals surface area contributed by atoms with Crippen molar-refractivity contribution in [1.29, 1.82) is 0 Å². The number of pyridine rings is 1. The van der Waals surface area contributed by atoms with E-state index >= 15 is 0 Å². The minimum Gasteiger partial charge on any atom is -0.444 e. The van der Waals surface area contributed by atoms with E-state index in [0.29, 0.717) is 17.7 Å². The number of ether oxygens (including phenoxy) is 2. The summed E-state index contributed by atoms with van der Waals surface area (Å²) in [5, 5.41) is 10.8. The summed E-state index contributed by atoms with van der Waals surface area (Å²) in [7, 11) is 0. The van der Waals surface area contributed by atoms with Gasteiger partial charge in [0.2, 0.25) is 5.91 Å². The van der Waals surface area contributed by atoms with Crippen molar-refractivity contribution >= 4 is 34.8 Å². The molecule has 0 saturated heterocycles. The number of carbonyl (C=O) groups excluding carboxylic acids is 4. The second-order valence-corrected chi connectivity index (χ2v) is 14.7. The summed E-state index contributed by atoms with van der Waals surface area (Å²) in [4.78, 5) is 58.5. The maximum Gasteiger partial charge on any atom is 0.410 e. The van der Waals surface area contributed by atoms with Crippen LogP contribution in [0.5, 0.6) is 0 Å². The van der Waals surface area contributed by atoms with Crippen molar-refractivity contribution in [3.63, 3.8) is 0 Å². The van der Waals surface area contributed by atoms with Gasteiger partial charge in [0, 0.05) is 24.8 Å². The second-order valence-electron chi connectivity index (χ2n) is 14.7. The lowest BCUT2D eigenvalue weighted by Gasteiger charge is -2.27. The van der Waals surface area contributed by atoms with Gasteiger partial charge in [-0.15, -0.1) is 0 Å². The molecule has 0 radical (unpaired) electrons. The molecule has 3 aromatic carbocycles. The van der Waals surface area contributed by atoms with E-state index in [4.69, 9.17) is 9.47 Å². The summed E-state index contributed by atoms with van der Waals surface area (Å²) >= 11 is 0. The quantitative estimate of drug-likeness (QED) is 0.123. The molecule has 0 aliphatic heterocycles. The van der Waals surface area contributed by atoms with E-state index in [9.17, 15) is 19.2 Å². The SMILES string of the molecule is C[C@H](NC(=O)[C@H](CCCNC(=O)OC(C)(C)C)NC(=O)c1ccc(CN(Cc2ccccn2)C(=O)OC(C)(C)C)cc1)c1cccc2ccccc12.